The maximum atomic E-state index is 10.4. The summed E-state index contributed by atoms with van der Waals surface area (Å²) in [6.07, 6.45) is 7.11. The minimum Gasteiger partial charge on any atom is -0.352 e. The summed E-state index contributed by atoms with van der Waals surface area (Å²) in [4.78, 5) is 0. The molecule has 1 rings (SSSR count). The molecule has 3 N–H and O–H groups in total. The second kappa shape index (κ2) is 12.0. The van der Waals surface area contributed by atoms with E-state index in [0.29, 0.717) is 5.69 Å². The zero-order chi connectivity index (χ0) is 14.0. The quantitative estimate of drug-likeness (QED) is 0.348. The van der Waals surface area contributed by atoms with Crippen LogP contribution in [0.3, 0.4) is 0 Å². The minimum atomic E-state index is -3.40. The predicted octanol–water partition coefficient (Wildman–Crippen LogP) is 0.694. The number of nitrogens with two attached hydrogens (primary N) is 1. The zero-order valence-electron chi connectivity index (χ0n) is 11.5. The van der Waals surface area contributed by atoms with E-state index in [4.69, 9.17) is 5.14 Å². The van der Waals surface area contributed by atoms with Gasteiger partial charge in [-0.1, -0.05) is 0 Å². The van der Waals surface area contributed by atoms with Gasteiger partial charge in [-0.05, 0) is 35.1 Å². The van der Waals surface area contributed by atoms with Gasteiger partial charge in [0.05, 0.1) is 24.2 Å². The molecule has 6 nitrogen and oxygen atoms in total. The molecule has 0 saturated carbocycles. The molecular weight excluding hydrogens is 468 g/mol. The van der Waals surface area contributed by atoms with Gasteiger partial charge in [0, 0.05) is 0 Å². The van der Waals surface area contributed by atoms with Gasteiger partial charge in [0.25, 0.3) is 0 Å². The van der Waals surface area contributed by atoms with Crippen molar-refractivity contribution >= 4 is 17.9 Å². The standard InChI is InChI=1S/C6H15P.C4H7N4O2S.Au/c1-4-7(5-2)6-3;5-11(9,10)2-1-4-3-6-8-7-4;/h4-6H2,1-3H3;1-2H2,(H2,5,9,10)(H,6,7,8);/q;-1;+1/p+1. The van der Waals surface area contributed by atoms with Crippen molar-refractivity contribution in [2.75, 3.05) is 24.2 Å². The molecule has 116 valence electrons. The van der Waals surface area contributed by atoms with E-state index >= 15 is 0 Å². The van der Waals surface area contributed by atoms with Crippen LogP contribution in [0.5, 0.6) is 0 Å². The smallest absolute Gasteiger partial charge is 0.352 e. The third kappa shape index (κ3) is 13.0. The molecule has 0 fully saturated rings. The number of sulfonamides is 1. The molecule has 0 aliphatic rings. The Labute approximate surface area is 132 Å². The topological polar surface area (TPSA) is 102 Å². The number of hydrogen-bond donors (Lipinski definition) is 2. The van der Waals surface area contributed by atoms with Gasteiger partial charge in [-0.3, -0.25) is 0 Å². The van der Waals surface area contributed by atoms with E-state index in [9.17, 15) is 8.42 Å². The van der Waals surface area contributed by atoms with E-state index in [2.05, 4.69) is 42.4 Å². The molecule has 0 radical (unpaired) electrons. The van der Waals surface area contributed by atoms with Crippen molar-refractivity contribution in [3.05, 3.63) is 11.9 Å². The van der Waals surface area contributed by atoms with E-state index < -0.39 is 10.0 Å². The number of rotatable bonds is 6. The molecule has 0 atom stereocenters. The maximum Gasteiger partial charge on any atom is 1.00 e. The second-order valence-corrected chi connectivity index (χ2v) is 9.19. The van der Waals surface area contributed by atoms with E-state index in [0.717, 1.165) is 0 Å². The first kappa shape index (κ1) is 21.5. The van der Waals surface area contributed by atoms with Crippen LogP contribution in [-0.2, 0) is 38.8 Å². The number of aromatic nitrogens is 3. The first-order valence-corrected chi connectivity index (χ1v) is 9.88. The van der Waals surface area contributed by atoms with Gasteiger partial charge in [0.1, 0.15) is 0 Å². The molecule has 9 heteroatoms. The molecule has 0 saturated heterocycles. The van der Waals surface area contributed by atoms with Crippen molar-refractivity contribution in [2.24, 2.45) is 5.14 Å². The Morgan fingerprint density at radius 2 is 1.79 bits per heavy atom. The second-order valence-electron chi connectivity index (χ2n) is 3.83. The van der Waals surface area contributed by atoms with Crippen LogP contribution in [0.15, 0.2) is 0 Å². The van der Waals surface area contributed by atoms with Crippen molar-refractivity contribution in [1.82, 2.24) is 15.4 Å². The van der Waals surface area contributed by atoms with Crippen LogP contribution >= 0.6 is 7.92 Å². The summed E-state index contributed by atoms with van der Waals surface area (Å²) < 4.78 is 20.9. The fourth-order valence-corrected chi connectivity index (χ4v) is 3.29. The van der Waals surface area contributed by atoms with Crippen molar-refractivity contribution < 1.29 is 30.8 Å². The number of aromatic amines is 1. The number of nitrogens with one attached hydrogen (secondary N) is 1. The molecule has 0 aliphatic carbocycles. The Bertz CT molecular complexity index is 390. The summed E-state index contributed by atoms with van der Waals surface area (Å²) >= 11 is 0. The summed E-state index contributed by atoms with van der Waals surface area (Å²) in [5, 5.41) is 13.9. The molecule has 0 amide bonds. The fraction of sp³-hybridized carbons (Fsp3) is 0.800. The Balaban J connectivity index is 0. The maximum absolute atomic E-state index is 10.4. The fourth-order valence-electron chi connectivity index (χ4n) is 1.30. The van der Waals surface area contributed by atoms with Gasteiger partial charge in [0.2, 0.25) is 10.0 Å². The van der Waals surface area contributed by atoms with Crippen molar-refractivity contribution in [3.8, 4) is 0 Å². The Hall–Kier alpha value is 0.220. The first-order chi connectivity index (χ1) is 8.42. The number of hydrogen-bond acceptors (Lipinski definition) is 4. The molecule has 0 spiro atoms. The number of aryl methyl sites for hydroxylation is 1. The molecule has 0 bridgehead atoms. The Kier molecular flexibility index (Phi) is 13.6. The van der Waals surface area contributed by atoms with E-state index in [1.807, 2.05) is 0 Å². The molecule has 0 aliphatic heterocycles. The van der Waals surface area contributed by atoms with Crippen LogP contribution in [-0.4, -0.2) is 48.1 Å². The van der Waals surface area contributed by atoms with E-state index in [1.54, 1.807) is 0 Å². The van der Waals surface area contributed by atoms with E-state index in [-0.39, 0.29) is 42.5 Å². The first-order valence-electron chi connectivity index (χ1n) is 6.04. The molecule has 1 aromatic rings. The van der Waals surface area contributed by atoms with Gasteiger partial charge in [-0.2, -0.15) is 0 Å². The molecule has 19 heavy (non-hydrogen) atoms. The summed E-state index contributed by atoms with van der Waals surface area (Å²) in [5.74, 6) is -0.118. The van der Waals surface area contributed by atoms with Crippen LogP contribution in [0.1, 0.15) is 26.5 Å². The predicted molar refractivity (Wildman–Crippen MR) is 76.8 cm³/mol. The zero-order valence-corrected chi connectivity index (χ0v) is 15.5. The molecular formula is C10H23AuN4O2PS+. The van der Waals surface area contributed by atoms with Crippen LogP contribution < -0.4 is 5.14 Å². The van der Waals surface area contributed by atoms with Gasteiger partial charge in [-0.25, -0.2) is 13.6 Å². The summed E-state index contributed by atoms with van der Waals surface area (Å²) in [7, 11) is -3.26. The largest absolute Gasteiger partial charge is 1.00 e. The normalized spacial score (nSPS) is 10.6. The van der Waals surface area contributed by atoms with Gasteiger partial charge < -0.3 is 16.4 Å². The van der Waals surface area contributed by atoms with Crippen molar-refractivity contribution in [3.63, 3.8) is 0 Å². The van der Waals surface area contributed by atoms with Crippen LogP contribution in [0.4, 0.5) is 0 Å². The average Bonchev–Trinajstić information content (AvgIpc) is 2.82. The van der Waals surface area contributed by atoms with Crippen LogP contribution in [0, 0.1) is 6.20 Å². The summed E-state index contributed by atoms with van der Waals surface area (Å²) in [5.41, 5.74) is 0.541. The third-order valence-corrected chi connectivity index (χ3v) is 6.33. The van der Waals surface area contributed by atoms with E-state index in [1.165, 1.54) is 18.5 Å². The van der Waals surface area contributed by atoms with Gasteiger partial charge in [0.15, 0.2) is 0 Å². The monoisotopic (exact) mass is 491 g/mol. The molecule has 0 aromatic carbocycles. The number of H-pyrrole nitrogens is 1. The summed E-state index contributed by atoms with van der Waals surface area (Å²) in [6.45, 7) is 6.92. The number of primary sulfonamides is 1. The van der Waals surface area contributed by atoms with Crippen LogP contribution in [0.25, 0.3) is 0 Å². The minimum absolute atomic E-state index is 0. The van der Waals surface area contributed by atoms with Gasteiger partial charge >= 0.3 is 22.4 Å². The third-order valence-electron chi connectivity index (χ3n) is 2.56. The Morgan fingerprint density at radius 3 is 2.05 bits per heavy atom. The van der Waals surface area contributed by atoms with Crippen LogP contribution in [0.2, 0.25) is 0 Å². The SMILES string of the molecule is CC[PH+](CC)CC.NS(=O)(=O)CCc1[c-]nn[nH]1.[Au+]. The molecule has 0 unspecified atom stereocenters. The van der Waals surface area contributed by atoms with Crippen molar-refractivity contribution in [1.29, 1.82) is 0 Å². The molecule has 1 heterocycles. The number of nitrogens with zero attached hydrogens (tertiary/aromatic N) is 2. The Morgan fingerprint density at radius 1 is 1.26 bits per heavy atom. The van der Waals surface area contributed by atoms with Gasteiger partial charge in [-0.15, -0.1) is 10.9 Å². The average molecular weight is 491 g/mol. The molecule has 1 aromatic heterocycles. The summed E-state index contributed by atoms with van der Waals surface area (Å²) in [6, 6.07) is 0. The van der Waals surface area contributed by atoms with Crippen molar-refractivity contribution in [2.45, 2.75) is 27.2 Å².